The minimum Gasteiger partial charge on any atom is -0.370 e. The first-order valence-electron chi connectivity index (χ1n) is 8.51. The lowest BCUT2D eigenvalue weighted by atomic mass is 10.2. The molecule has 3 rings (SSSR count). The van der Waals surface area contributed by atoms with Crippen molar-refractivity contribution in [2.75, 3.05) is 31.1 Å². The Morgan fingerprint density at radius 1 is 1.24 bits per heavy atom. The van der Waals surface area contributed by atoms with E-state index in [2.05, 4.69) is 15.2 Å². The highest BCUT2D eigenvalue weighted by atomic mass is 32.1. The van der Waals surface area contributed by atoms with Gasteiger partial charge in [-0.15, -0.1) is 11.3 Å². The molecular weight excluding hydrogens is 339 g/mol. The van der Waals surface area contributed by atoms with Crippen LogP contribution in [0.25, 0.3) is 0 Å². The molecule has 0 bridgehead atoms. The summed E-state index contributed by atoms with van der Waals surface area (Å²) in [6, 6.07) is 6.38. The number of amides is 2. The van der Waals surface area contributed by atoms with Crippen LogP contribution in [0.1, 0.15) is 30.1 Å². The smallest absolute Gasteiger partial charge is 0.318 e. The van der Waals surface area contributed by atoms with E-state index in [0.29, 0.717) is 13.1 Å². The topological polar surface area (TPSA) is 48.5 Å². The van der Waals surface area contributed by atoms with Crippen molar-refractivity contribution in [2.45, 2.75) is 26.3 Å². The molecule has 0 radical (unpaired) electrons. The molecule has 2 aromatic rings. The second-order valence-corrected chi connectivity index (χ2v) is 7.19. The van der Waals surface area contributed by atoms with E-state index >= 15 is 0 Å². The average molecular weight is 362 g/mol. The molecule has 1 fully saturated rings. The summed E-state index contributed by atoms with van der Waals surface area (Å²) in [5.74, 6) is -0.231. The van der Waals surface area contributed by atoms with Gasteiger partial charge in [-0.25, -0.2) is 14.2 Å². The van der Waals surface area contributed by atoms with Crippen LogP contribution in [0.4, 0.5) is 14.9 Å². The summed E-state index contributed by atoms with van der Waals surface area (Å²) in [6.45, 7) is 6.87. The second-order valence-electron chi connectivity index (χ2n) is 6.30. The summed E-state index contributed by atoms with van der Waals surface area (Å²) in [4.78, 5) is 21.0. The highest BCUT2D eigenvalue weighted by Gasteiger charge is 2.21. The van der Waals surface area contributed by atoms with Crippen molar-refractivity contribution >= 4 is 23.1 Å². The number of carbonyl (C=O) groups is 1. The van der Waals surface area contributed by atoms with Crippen LogP contribution in [0.5, 0.6) is 0 Å². The van der Waals surface area contributed by atoms with E-state index in [-0.39, 0.29) is 17.9 Å². The van der Waals surface area contributed by atoms with E-state index in [9.17, 15) is 9.18 Å². The van der Waals surface area contributed by atoms with Gasteiger partial charge in [0.25, 0.3) is 0 Å². The Labute approximate surface area is 151 Å². The minimum atomic E-state index is -0.231. The van der Waals surface area contributed by atoms with Crippen LogP contribution < -0.4 is 10.2 Å². The van der Waals surface area contributed by atoms with Crippen molar-refractivity contribution in [2.24, 2.45) is 0 Å². The number of halogens is 1. The molecule has 0 aliphatic carbocycles. The van der Waals surface area contributed by atoms with Gasteiger partial charge < -0.3 is 15.1 Å². The molecule has 25 heavy (non-hydrogen) atoms. The fourth-order valence-corrected chi connectivity index (χ4v) is 3.74. The number of benzene rings is 1. The van der Waals surface area contributed by atoms with E-state index in [1.54, 1.807) is 23.5 Å². The molecule has 0 spiro atoms. The molecule has 2 amide bonds. The van der Waals surface area contributed by atoms with Gasteiger partial charge in [-0.3, -0.25) is 0 Å². The van der Waals surface area contributed by atoms with Crippen LogP contribution >= 0.6 is 11.3 Å². The van der Waals surface area contributed by atoms with E-state index in [1.807, 2.05) is 24.1 Å². The van der Waals surface area contributed by atoms with Gasteiger partial charge in [0.2, 0.25) is 0 Å². The van der Waals surface area contributed by atoms with Gasteiger partial charge in [-0.05, 0) is 44.5 Å². The third kappa shape index (κ3) is 4.48. The molecule has 1 aliphatic heterocycles. The Morgan fingerprint density at radius 2 is 2.00 bits per heavy atom. The highest BCUT2D eigenvalue weighted by molar-refractivity contribution is 7.09. The zero-order chi connectivity index (χ0) is 17.8. The molecule has 1 atom stereocenters. The Morgan fingerprint density at radius 3 is 2.68 bits per heavy atom. The lowest BCUT2D eigenvalue weighted by Crippen LogP contribution is -2.43. The second kappa shape index (κ2) is 7.82. The Balaban J connectivity index is 1.56. The average Bonchev–Trinajstić information content (AvgIpc) is 2.88. The first kappa shape index (κ1) is 17.7. The normalized spacial score (nSPS) is 16.4. The summed E-state index contributed by atoms with van der Waals surface area (Å²) >= 11 is 1.57. The predicted molar refractivity (Wildman–Crippen MR) is 98.6 cm³/mol. The molecule has 5 nitrogen and oxygen atoms in total. The summed E-state index contributed by atoms with van der Waals surface area (Å²) in [7, 11) is 0. The number of carbonyl (C=O) groups excluding carboxylic acids is 1. The van der Waals surface area contributed by atoms with Gasteiger partial charge in [0.15, 0.2) is 0 Å². The van der Waals surface area contributed by atoms with E-state index in [4.69, 9.17) is 0 Å². The number of hydrogen-bond donors (Lipinski definition) is 1. The monoisotopic (exact) mass is 362 g/mol. The van der Waals surface area contributed by atoms with E-state index in [1.165, 1.54) is 12.1 Å². The molecule has 1 aromatic heterocycles. The molecular formula is C18H23FN4OS. The number of rotatable bonds is 3. The number of urea groups is 1. The Kier molecular flexibility index (Phi) is 5.53. The van der Waals surface area contributed by atoms with Gasteiger partial charge in [0.05, 0.1) is 6.04 Å². The lowest BCUT2D eigenvalue weighted by Gasteiger charge is -2.24. The van der Waals surface area contributed by atoms with Crippen LogP contribution in [-0.4, -0.2) is 42.1 Å². The SMILES string of the molecule is Cc1csc([C@@H](C)NC(=O)N2CCCN(c3ccc(F)cc3)CC2)n1. The number of anilines is 1. The molecule has 0 unspecified atom stereocenters. The third-order valence-electron chi connectivity index (χ3n) is 4.32. The summed E-state index contributed by atoms with van der Waals surface area (Å²) in [5, 5.41) is 5.95. The fourth-order valence-electron chi connectivity index (χ4n) is 2.94. The summed E-state index contributed by atoms with van der Waals surface area (Å²) < 4.78 is 13.1. The minimum absolute atomic E-state index is 0.0543. The van der Waals surface area contributed by atoms with Crippen molar-refractivity contribution in [1.29, 1.82) is 0 Å². The molecule has 0 saturated carbocycles. The van der Waals surface area contributed by atoms with Crippen LogP contribution in [0.15, 0.2) is 29.6 Å². The Hall–Kier alpha value is -2.15. The third-order valence-corrected chi connectivity index (χ3v) is 5.47. The standard InChI is InChI=1S/C18H23FN4OS/c1-13-12-25-17(20-13)14(2)21-18(24)23-9-3-8-22(10-11-23)16-6-4-15(19)5-7-16/h4-7,12,14H,3,8-11H2,1-2H3,(H,21,24)/t14-/m1/s1. The summed E-state index contributed by atoms with van der Waals surface area (Å²) in [6.07, 6.45) is 0.884. The van der Waals surface area contributed by atoms with E-state index in [0.717, 1.165) is 35.9 Å². The highest BCUT2D eigenvalue weighted by Crippen LogP contribution is 2.19. The maximum Gasteiger partial charge on any atom is 0.318 e. The van der Waals surface area contributed by atoms with Crippen molar-refractivity contribution in [3.63, 3.8) is 0 Å². The van der Waals surface area contributed by atoms with Crippen molar-refractivity contribution in [3.05, 3.63) is 46.2 Å². The van der Waals surface area contributed by atoms with Crippen molar-refractivity contribution in [1.82, 2.24) is 15.2 Å². The fraction of sp³-hybridized carbons (Fsp3) is 0.444. The number of aromatic nitrogens is 1. The largest absolute Gasteiger partial charge is 0.370 e. The van der Waals surface area contributed by atoms with Crippen LogP contribution in [0.3, 0.4) is 0 Å². The number of nitrogens with zero attached hydrogens (tertiary/aromatic N) is 3. The number of nitrogens with one attached hydrogen (secondary N) is 1. The molecule has 7 heteroatoms. The molecule has 2 heterocycles. The summed E-state index contributed by atoms with van der Waals surface area (Å²) in [5.41, 5.74) is 1.97. The van der Waals surface area contributed by atoms with Gasteiger partial charge in [-0.1, -0.05) is 0 Å². The van der Waals surface area contributed by atoms with Crippen molar-refractivity contribution in [3.8, 4) is 0 Å². The molecule has 1 saturated heterocycles. The maximum absolute atomic E-state index is 13.1. The maximum atomic E-state index is 13.1. The zero-order valence-corrected chi connectivity index (χ0v) is 15.4. The predicted octanol–water partition coefficient (Wildman–Crippen LogP) is 3.57. The van der Waals surface area contributed by atoms with Crippen LogP contribution in [0.2, 0.25) is 0 Å². The molecule has 134 valence electrons. The molecule has 1 N–H and O–H groups in total. The molecule has 1 aliphatic rings. The van der Waals surface area contributed by atoms with Gasteiger partial charge in [0, 0.05) is 42.9 Å². The number of thiazole rings is 1. The first-order valence-corrected chi connectivity index (χ1v) is 9.39. The Bertz CT molecular complexity index is 718. The number of aryl methyl sites for hydroxylation is 1. The first-order chi connectivity index (χ1) is 12.0. The zero-order valence-electron chi connectivity index (χ0n) is 14.5. The van der Waals surface area contributed by atoms with Gasteiger partial charge in [-0.2, -0.15) is 0 Å². The van der Waals surface area contributed by atoms with Crippen LogP contribution in [-0.2, 0) is 0 Å². The van der Waals surface area contributed by atoms with Crippen LogP contribution in [0, 0.1) is 12.7 Å². The van der Waals surface area contributed by atoms with Gasteiger partial charge in [0.1, 0.15) is 10.8 Å². The van der Waals surface area contributed by atoms with Crippen molar-refractivity contribution < 1.29 is 9.18 Å². The van der Waals surface area contributed by atoms with Gasteiger partial charge >= 0.3 is 6.03 Å². The molecule has 1 aromatic carbocycles. The number of hydrogen-bond acceptors (Lipinski definition) is 4. The van der Waals surface area contributed by atoms with E-state index < -0.39 is 0 Å². The lowest BCUT2D eigenvalue weighted by molar-refractivity contribution is 0.198. The quantitative estimate of drug-likeness (QED) is 0.908.